The molecule has 1 aliphatic rings. The molecule has 19 heavy (non-hydrogen) atoms. The van der Waals surface area contributed by atoms with Gasteiger partial charge in [-0.15, -0.1) is 0 Å². The van der Waals surface area contributed by atoms with Crippen LogP contribution >= 0.6 is 0 Å². The number of nitrogens with zero attached hydrogens (tertiary/aromatic N) is 3. The molecule has 1 atom stereocenters. The number of ether oxygens (including phenoxy) is 1. The third kappa shape index (κ3) is 3.39. The Labute approximate surface area is 115 Å². The molecule has 0 aromatic heterocycles. The summed E-state index contributed by atoms with van der Waals surface area (Å²) >= 11 is 0. The molecule has 2 rings (SSSR count). The Balaban J connectivity index is 2.06. The van der Waals surface area contributed by atoms with E-state index in [2.05, 4.69) is 28.0 Å². The maximum atomic E-state index is 8.80. The molecule has 0 saturated carbocycles. The highest BCUT2D eigenvalue weighted by molar-refractivity contribution is 5.51. The summed E-state index contributed by atoms with van der Waals surface area (Å²) in [5.41, 5.74) is 1.20. The number of likely N-dealkylation sites (N-methyl/N-ethyl adjacent to an activating group) is 1. The number of anilines is 1. The van der Waals surface area contributed by atoms with Gasteiger partial charge in [0.1, 0.15) is 5.75 Å². The quantitative estimate of drug-likeness (QED) is 0.776. The zero-order valence-electron chi connectivity index (χ0n) is 11.7. The van der Waals surface area contributed by atoms with Crippen LogP contribution in [0, 0.1) is 11.3 Å². The van der Waals surface area contributed by atoms with E-state index in [1.807, 2.05) is 19.2 Å². The molecular formula is C15H21N3O. The monoisotopic (exact) mass is 259 g/mol. The third-order valence-electron chi connectivity index (χ3n) is 3.76. The van der Waals surface area contributed by atoms with Gasteiger partial charge in [-0.1, -0.05) is 6.07 Å². The van der Waals surface area contributed by atoms with Crippen molar-refractivity contribution >= 4 is 5.69 Å². The smallest absolute Gasteiger partial charge is 0.120 e. The molecule has 1 aliphatic heterocycles. The van der Waals surface area contributed by atoms with Crippen molar-refractivity contribution in [2.24, 2.45) is 0 Å². The molecular weight excluding hydrogens is 238 g/mol. The van der Waals surface area contributed by atoms with Gasteiger partial charge in [-0.2, -0.15) is 5.26 Å². The van der Waals surface area contributed by atoms with Crippen LogP contribution in [0.1, 0.15) is 12.8 Å². The van der Waals surface area contributed by atoms with Crippen LogP contribution in [0.4, 0.5) is 5.69 Å². The van der Waals surface area contributed by atoms with Gasteiger partial charge in [0, 0.05) is 30.9 Å². The van der Waals surface area contributed by atoms with Crippen molar-refractivity contribution < 1.29 is 4.74 Å². The second kappa shape index (κ2) is 6.44. The maximum Gasteiger partial charge on any atom is 0.120 e. The molecule has 0 N–H and O–H groups in total. The molecule has 4 heteroatoms. The Hall–Kier alpha value is -1.73. The lowest BCUT2D eigenvalue weighted by Crippen LogP contribution is -2.46. The minimum Gasteiger partial charge on any atom is -0.497 e. The summed E-state index contributed by atoms with van der Waals surface area (Å²) in [4.78, 5) is 4.52. The highest BCUT2D eigenvalue weighted by Crippen LogP contribution is 2.25. The largest absolute Gasteiger partial charge is 0.497 e. The molecule has 102 valence electrons. The number of hydrogen-bond acceptors (Lipinski definition) is 4. The summed E-state index contributed by atoms with van der Waals surface area (Å²) in [5, 5.41) is 8.80. The Bertz CT molecular complexity index is 455. The molecule has 1 aromatic rings. The van der Waals surface area contributed by atoms with Crippen LogP contribution in [-0.2, 0) is 0 Å². The number of nitriles is 1. The molecule has 0 aliphatic carbocycles. The Morgan fingerprint density at radius 1 is 1.53 bits per heavy atom. The number of piperidine rings is 1. The number of methoxy groups -OCH3 is 1. The van der Waals surface area contributed by atoms with E-state index >= 15 is 0 Å². The Kier molecular flexibility index (Phi) is 4.64. The molecule has 0 amide bonds. The first-order valence-corrected chi connectivity index (χ1v) is 6.71. The van der Waals surface area contributed by atoms with Gasteiger partial charge in [0.25, 0.3) is 0 Å². The van der Waals surface area contributed by atoms with Crippen molar-refractivity contribution in [2.75, 3.05) is 38.7 Å². The molecule has 0 bridgehead atoms. The molecule has 1 fully saturated rings. The first-order chi connectivity index (χ1) is 9.24. The third-order valence-corrected chi connectivity index (χ3v) is 3.76. The fraction of sp³-hybridized carbons (Fsp3) is 0.533. The average molecular weight is 259 g/mol. The van der Waals surface area contributed by atoms with Gasteiger partial charge in [-0.05, 0) is 32.0 Å². The number of benzene rings is 1. The van der Waals surface area contributed by atoms with Crippen molar-refractivity contribution in [3.8, 4) is 11.8 Å². The Morgan fingerprint density at radius 3 is 3.11 bits per heavy atom. The lowest BCUT2D eigenvalue weighted by atomic mass is 10.0. The molecule has 0 radical (unpaired) electrons. The highest BCUT2D eigenvalue weighted by Gasteiger charge is 2.23. The molecule has 0 spiro atoms. The van der Waals surface area contributed by atoms with E-state index in [1.165, 1.54) is 12.1 Å². The molecule has 1 saturated heterocycles. The maximum absolute atomic E-state index is 8.80. The zero-order valence-corrected chi connectivity index (χ0v) is 11.7. The lowest BCUT2D eigenvalue weighted by molar-refractivity contribution is 0.238. The van der Waals surface area contributed by atoms with Gasteiger partial charge in [0.05, 0.1) is 19.7 Å². The predicted molar refractivity (Wildman–Crippen MR) is 76.5 cm³/mol. The van der Waals surface area contributed by atoms with Gasteiger partial charge < -0.3 is 9.64 Å². The van der Waals surface area contributed by atoms with E-state index in [9.17, 15) is 0 Å². The lowest BCUT2D eigenvalue weighted by Gasteiger charge is -2.38. The summed E-state index contributed by atoms with van der Waals surface area (Å²) in [7, 11) is 3.72. The van der Waals surface area contributed by atoms with Crippen molar-refractivity contribution in [1.29, 1.82) is 5.26 Å². The van der Waals surface area contributed by atoms with E-state index < -0.39 is 0 Å². The molecule has 4 nitrogen and oxygen atoms in total. The van der Waals surface area contributed by atoms with Crippen molar-refractivity contribution in [2.45, 2.75) is 18.9 Å². The number of hydrogen-bond donors (Lipinski definition) is 0. The standard InChI is InChI=1S/C15H21N3O/c1-17(10-8-16)14-6-4-9-18(12-14)13-5-3-7-15(11-13)19-2/h3,5,7,11,14H,4,6,9-10,12H2,1-2H3. The minimum atomic E-state index is 0.458. The van der Waals surface area contributed by atoms with Crippen molar-refractivity contribution in [3.05, 3.63) is 24.3 Å². The van der Waals surface area contributed by atoms with Gasteiger partial charge in [-0.25, -0.2) is 0 Å². The van der Waals surface area contributed by atoms with Crippen LogP contribution in [0.3, 0.4) is 0 Å². The van der Waals surface area contributed by atoms with E-state index in [0.717, 1.165) is 25.3 Å². The SMILES string of the molecule is COc1cccc(N2CCCC(N(C)CC#N)C2)c1. The highest BCUT2D eigenvalue weighted by atomic mass is 16.5. The second-order valence-corrected chi connectivity index (χ2v) is 5.02. The molecule has 1 heterocycles. The van der Waals surface area contributed by atoms with Crippen molar-refractivity contribution in [3.63, 3.8) is 0 Å². The van der Waals surface area contributed by atoms with Gasteiger partial charge in [0.15, 0.2) is 0 Å². The summed E-state index contributed by atoms with van der Waals surface area (Å²) in [6, 6.07) is 10.9. The Morgan fingerprint density at radius 2 is 2.37 bits per heavy atom. The normalized spacial score (nSPS) is 19.3. The summed E-state index contributed by atoms with van der Waals surface area (Å²) in [5.74, 6) is 0.894. The first kappa shape index (κ1) is 13.7. The van der Waals surface area contributed by atoms with E-state index in [1.54, 1.807) is 7.11 Å². The fourth-order valence-corrected chi connectivity index (χ4v) is 2.60. The summed E-state index contributed by atoms with van der Waals surface area (Å²) in [6.45, 7) is 2.55. The number of rotatable bonds is 4. The second-order valence-electron chi connectivity index (χ2n) is 5.02. The van der Waals surface area contributed by atoms with Crippen LogP contribution in [0.2, 0.25) is 0 Å². The topological polar surface area (TPSA) is 39.5 Å². The van der Waals surface area contributed by atoms with Crippen molar-refractivity contribution in [1.82, 2.24) is 4.90 Å². The van der Waals surface area contributed by atoms with E-state index in [4.69, 9.17) is 10.00 Å². The molecule has 1 unspecified atom stereocenters. The van der Waals surface area contributed by atoms with Crippen LogP contribution in [0.15, 0.2) is 24.3 Å². The average Bonchev–Trinajstić information content (AvgIpc) is 2.48. The predicted octanol–water partition coefficient (Wildman–Crippen LogP) is 2.12. The van der Waals surface area contributed by atoms with Gasteiger partial charge in [0.2, 0.25) is 0 Å². The molecule has 1 aromatic carbocycles. The van der Waals surface area contributed by atoms with E-state index in [0.29, 0.717) is 12.6 Å². The minimum absolute atomic E-state index is 0.458. The van der Waals surface area contributed by atoms with Gasteiger partial charge >= 0.3 is 0 Å². The summed E-state index contributed by atoms with van der Waals surface area (Å²) in [6.07, 6.45) is 2.33. The van der Waals surface area contributed by atoms with Crippen LogP contribution in [0.25, 0.3) is 0 Å². The fourth-order valence-electron chi connectivity index (χ4n) is 2.60. The van der Waals surface area contributed by atoms with Crippen LogP contribution in [0.5, 0.6) is 5.75 Å². The zero-order chi connectivity index (χ0) is 13.7. The first-order valence-electron chi connectivity index (χ1n) is 6.71. The van der Waals surface area contributed by atoms with Gasteiger partial charge in [-0.3, -0.25) is 4.90 Å². The van der Waals surface area contributed by atoms with E-state index in [-0.39, 0.29) is 0 Å². The van der Waals surface area contributed by atoms with Crippen LogP contribution in [-0.4, -0.2) is 44.7 Å². The summed E-state index contributed by atoms with van der Waals surface area (Å²) < 4.78 is 5.28. The van der Waals surface area contributed by atoms with Crippen LogP contribution < -0.4 is 9.64 Å².